The number of benzene rings is 1. The first-order chi connectivity index (χ1) is 6.65. The molecule has 2 aromatic rings. The second-order valence-electron chi connectivity index (χ2n) is 3.48. The van der Waals surface area contributed by atoms with Gasteiger partial charge in [0, 0.05) is 24.1 Å². The highest BCUT2D eigenvalue weighted by molar-refractivity contribution is 5.90. The first kappa shape index (κ1) is 8.94. The minimum Gasteiger partial charge on any atom is -0.508 e. The number of hydrogen-bond donors (Lipinski definition) is 2. The van der Waals surface area contributed by atoms with Crippen LogP contribution in [0.3, 0.4) is 0 Å². The minimum atomic E-state index is 0.278. The molecule has 0 unspecified atom stereocenters. The van der Waals surface area contributed by atoms with Gasteiger partial charge in [-0.05, 0) is 18.6 Å². The van der Waals surface area contributed by atoms with Gasteiger partial charge in [-0.25, -0.2) is 0 Å². The predicted molar refractivity (Wildman–Crippen MR) is 58.4 cm³/mol. The van der Waals surface area contributed by atoms with Crippen LogP contribution >= 0.6 is 0 Å². The number of phenols is 1. The van der Waals surface area contributed by atoms with E-state index in [1.165, 1.54) is 0 Å². The molecule has 3 N–H and O–H groups in total. The third kappa shape index (κ3) is 1.05. The van der Waals surface area contributed by atoms with Gasteiger partial charge in [-0.1, -0.05) is 6.92 Å². The van der Waals surface area contributed by atoms with E-state index in [1.807, 2.05) is 17.7 Å². The lowest BCUT2D eigenvalue weighted by Gasteiger charge is -1.98. The molecule has 1 aromatic carbocycles. The van der Waals surface area contributed by atoms with Gasteiger partial charge in [-0.15, -0.1) is 0 Å². The molecular formula is C11H14N2O. The molecular weight excluding hydrogens is 176 g/mol. The van der Waals surface area contributed by atoms with Crippen molar-refractivity contribution in [2.24, 2.45) is 7.05 Å². The number of aryl methyl sites for hydroxylation is 2. The standard InChI is InChI=1S/C11H14N2O/c1-3-8-9-5-4-7(14)6-10(9)13(2)11(8)12/h4-6,14H,3,12H2,1-2H3. The number of fused-ring (bicyclic) bond motifs is 1. The van der Waals surface area contributed by atoms with E-state index in [-0.39, 0.29) is 5.75 Å². The highest BCUT2D eigenvalue weighted by Gasteiger charge is 2.10. The first-order valence-corrected chi connectivity index (χ1v) is 4.71. The highest BCUT2D eigenvalue weighted by Crippen LogP contribution is 2.29. The van der Waals surface area contributed by atoms with E-state index in [4.69, 9.17) is 5.73 Å². The maximum Gasteiger partial charge on any atom is 0.117 e. The summed E-state index contributed by atoms with van der Waals surface area (Å²) < 4.78 is 1.91. The lowest BCUT2D eigenvalue weighted by Crippen LogP contribution is -1.97. The number of phenolic OH excluding ortho intramolecular Hbond substituents is 1. The third-order valence-electron chi connectivity index (χ3n) is 2.69. The van der Waals surface area contributed by atoms with E-state index in [0.29, 0.717) is 0 Å². The molecule has 1 heterocycles. The molecule has 0 aliphatic heterocycles. The van der Waals surface area contributed by atoms with E-state index in [0.717, 1.165) is 28.7 Å². The molecule has 74 valence electrons. The zero-order valence-corrected chi connectivity index (χ0v) is 8.41. The Hall–Kier alpha value is -1.64. The molecule has 0 amide bonds. The van der Waals surface area contributed by atoms with Crippen molar-refractivity contribution in [3.05, 3.63) is 23.8 Å². The Morgan fingerprint density at radius 1 is 1.43 bits per heavy atom. The summed E-state index contributed by atoms with van der Waals surface area (Å²) in [5, 5.41) is 10.5. The van der Waals surface area contributed by atoms with E-state index in [2.05, 4.69) is 6.92 Å². The summed E-state index contributed by atoms with van der Waals surface area (Å²) >= 11 is 0. The molecule has 2 rings (SSSR count). The summed E-state index contributed by atoms with van der Waals surface area (Å²) in [6.07, 6.45) is 0.911. The Labute approximate surface area is 82.8 Å². The van der Waals surface area contributed by atoms with Gasteiger partial charge in [0.2, 0.25) is 0 Å². The van der Waals surface area contributed by atoms with Gasteiger partial charge in [-0.3, -0.25) is 0 Å². The van der Waals surface area contributed by atoms with Gasteiger partial charge >= 0.3 is 0 Å². The number of anilines is 1. The molecule has 0 aliphatic carbocycles. The van der Waals surface area contributed by atoms with Crippen LogP contribution in [-0.2, 0) is 13.5 Å². The van der Waals surface area contributed by atoms with Crippen molar-refractivity contribution < 1.29 is 5.11 Å². The van der Waals surface area contributed by atoms with Crippen LogP contribution in [0.25, 0.3) is 10.9 Å². The fourth-order valence-electron chi connectivity index (χ4n) is 1.89. The van der Waals surface area contributed by atoms with Crippen molar-refractivity contribution in [3.63, 3.8) is 0 Å². The monoisotopic (exact) mass is 190 g/mol. The van der Waals surface area contributed by atoms with Gasteiger partial charge in [-0.2, -0.15) is 0 Å². The van der Waals surface area contributed by atoms with Crippen molar-refractivity contribution in [1.82, 2.24) is 4.57 Å². The second-order valence-corrected chi connectivity index (χ2v) is 3.48. The van der Waals surface area contributed by atoms with Gasteiger partial charge < -0.3 is 15.4 Å². The first-order valence-electron chi connectivity index (χ1n) is 4.71. The normalized spacial score (nSPS) is 11.0. The number of nitrogens with two attached hydrogens (primary N) is 1. The molecule has 0 spiro atoms. The zero-order chi connectivity index (χ0) is 10.3. The Bertz CT molecular complexity index is 485. The lowest BCUT2D eigenvalue weighted by molar-refractivity contribution is 0.476. The Balaban J connectivity index is 2.88. The minimum absolute atomic E-state index is 0.278. The van der Waals surface area contributed by atoms with Crippen molar-refractivity contribution in [1.29, 1.82) is 0 Å². The molecule has 3 nitrogen and oxygen atoms in total. The Morgan fingerprint density at radius 2 is 2.14 bits per heavy atom. The highest BCUT2D eigenvalue weighted by atomic mass is 16.3. The molecule has 1 aromatic heterocycles. The van der Waals surface area contributed by atoms with Gasteiger partial charge in [0.15, 0.2) is 0 Å². The van der Waals surface area contributed by atoms with Crippen LogP contribution in [0.1, 0.15) is 12.5 Å². The molecule has 0 fully saturated rings. The summed E-state index contributed by atoms with van der Waals surface area (Å²) in [7, 11) is 1.91. The summed E-state index contributed by atoms with van der Waals surface area (Å²) in [4.78, 5) is 0. The molecule has 0 atom stereocenters. The van der Waals surface area contributed by atoms with E-state index in [9.17, 15) is 5.11 Å². The van der Waals surface area contributed by atoms with Crippen molar-refractivity contribution in [2.75, 3.05) is 5.73 Å². The Morgan fingerprint density at radius 3 is 2.79 bits per heavy atom. The molecule has 14 heavy (non-hydrogen) atoms. The smallest absolute Gasteiger partial charge is 0.117 e. The quantitative estimate of drug-likeness (QED) is 0.722. The van der Waals surface area contributed by atoms with Gasteiger partial charge in [0.05, 0.1) is 5.52 Å². The van der Waals surface area contributed by atoms with E-state index < -0.39 is 0 Å². The molecule has 0 aliphatic rings. The van der Waals surface area contributed by atoms with Crippen LogP contribution in [0.15, 0.2) is 18.2 Å². The lowest BCUT2D eigenvalue weighted by atomic mass is 10.1. The number of aromatic nitrogens is 1. The van der Waals surface area contributed by atoms with E-state index >= 15 is 0 Å². The average molecular weight is 190 g/mol. The fourth-order valence-corrected chi connectivity index (χ4v) is 1.89. The summed E-state index contributed by atoms with van der Waals surface area (Å²) in [6.45, 7) is 2.08. The molecule has 0 saturated heterocycles. The van der Waals surface area contributed by atoms with Crippen LogP contribution < -0.4 is 5.73 Å². The van der Waals surface area contributed by atoms with Crippen molar-refractivity contribution in [3.8, 4) is 5.75 Å². The summed E-state index contributed by atoms with van der Waals surface area (Å²) in [6, 6.07) is 5.35. The van der Waals surface area contributed by atoms with Crippen LogP contribution in [0.4, 0.5) is 5.82 Å². The zero-order valence-electron chi connectivity index (χ0n) is 8.41. The number of rotatable bonds is 1. The fraction of sp³-hybridized carbons (Fsp3) is 0.273. The third-order valence-corrected chi connectivity index (χ3v) is 2.69. The predicted octanol–water partition coefficient (Wildman–Crippen LogP) is 2.03. The van der Waals surface area contributed by atoms with Crippen molar-refractivity contribution >= 4 is 16.7 Å². The Kier molecular flexibility index (Phi) is 1.88. The van der Waals surface area contributed by atoms with Crippen LogP contribution in [0.5, 0.6) is 5.75 Å². The SMILES string of the molecule is CCc1c(N)n(C)c2cc(O)ccc12. The van der Waals surface area contributed by atoms with Crippen LogP contribution in [-0.4, -0.2) is 9.67 Å². The second kappa shape index (κ2) is 2.94. The average Bonchev–Trinajstić information content (AvgIpc) is 2.41. The maximum atomic E-state index is 9.37. The van der Waals surface area contributed by atoms with Crippen LogP contribution in [0, 0.1) is 0 Å². The van der Waals surface area contributed by atoms with Gasteiger partial charge in [0.1, 0.15) is 11.6 Å². The van der Waals surface area contributed by atoms with Crippen molar-refractivity contribution in [2.45, 2.75) is 13.3 Å². The van der Waals surface area contributed by atoms with Crippen LogP contribution in [0.2, 0.25) is 0 Å². The largest absolute Gasteiger partial charge is 0.508 e. The number of nitrogens with zero attached hydrogens (tertiary/aromatic N) is 1. The maximum absolute atomic E-state index is 9.37. The molecule has 0 bridgehead atoms. The number of hydrogen-bond acceptors (Lipinski definition) is 2. The number of aromatic hydroxyl groups is 1. The molecule has 0 saturated carbocycles. The molecule has 0 radical (unpaired) electrons. The topological polar surface area (TPSA) is 51.2 Å². The van der Waals surface area contributed by atoms with E-state index in [1.54, 1.807) is 12.1 Å². The van der Waals surface area contributed by atoms with Gasteiger partial charge in [0.25, 0.3) is 0 Å². The summed E-state index contributed by atoms with van der Waals surface area (Å²) in [5.74, 6) is 1.06. The number of nitrogen functional groups attached to an aromatic ring is 1. The molecule has 3 heteroatoms. The summed E-state index contributed by atoms with van der Waals surface area (Å²) in [5.41, 5.74) is 8.10.